The van der Waals surface area contributed by atoms with E-state index in [1.807, 2.05) is 0 Å². The first-order valence-corrected chi connectivity index (χ1v) is 8.18. The van der Waals surface area contributed by atoms with Crippen molar-refractivity contribution in [3.8, 4) is 0 Å². The number of aromatic nitrogens is 2. The topological polar surface area (TPSA) is 70.3 Å². The third kappa shape index (κ3) is 2.62. The summed E-state index contributed by atoms with van der Waals surface area (Å²) in [5.74, 6) is 0.809. The Morgan fingerprint density at radius 2 is 2.25 bits per heavy atom. The highest BCUT2D eigenvalue weighted by molar-refractivity contribution is 7.05. The molecule has 3 unspecified atom stereocenters. The zero-order valence-electron chi connectivity index (χ0n) is 12.2. The lowest BCUT2D eigenvalue weighted by molar-refractivity contribution is -0.101. The Morgan fingerprint density at radius 1 is 1.40 bits per heavy atom. The molecule has 0 amide bonds. The smallest absolute Gasteiger partial charge is 0.0940 e. The summed E-state index contributed by atoms with van der Waals surface area (Å²) < 4.78 is 15.6. The van der Waals surface area contributed by atoms with Crippen molar-refractivity contribution in [3.63, 3.8) is 0 Å². The molecule has 1 aromatic heterocycles. The molecule has 20 heavy (non-hydrogen) atoms. The molecule has 3 atom stereocenters. The van der Waals surface area contributed by atoms with Crippen LogP contribution in [0.25, 0.3) is 0 Å². The van der Waals surface area contributed by atoms with Gasteiger partial charge in [-0.15, -0.1) is 5.10 Å². The molecule has 0 radical (unpaired) electrons. The van der Waals surface area contributed by atoms with Crippen molar-refractivity contribution in [2.45, 2.75) is 50.7 Å². The summed E-state index contributed by atoms with van der Waals surface area (Å²) in [6.45, 7) is 6.59. The molecule has 3 rings (SSSR count). The SMILES string of the molecule is CC(C)c1nnsc1C(N)C1CCOC2(CCOC2)C1. The monoisotopic (exact) mass is 297 g/mol. The average molecular weight is 297 g/mol. The van der Waals surface area contributed by atoms with Gasteiger partial charge in [-0.05, 0) is 36.2 Å². The molecule has 1 spiro atoms. The molecule has 2 saturated heterocycles. The van der Waals surface area contributed by atoms with Crippen molar-refractivity contribution in [2.75, 3.05) is 19.8 Å². The molecule has 6 heteroatoms. The maximum Gasteiger partial charge on any atom is 0.0940 e. The number of nitrogens with zero attached hydrogens (tertiary/aromatic N) is 2. The molecule has 0 saturated carbocycles. The van der Waals surface area contributed by atoms with E-state index in [0.29, 0.717) is 18.4 Å². The van der Waals surface area contributed by atoms with Crippen molar-refractivity contribution >= 4 is 11.5 Å². The predicted molar refractivity (Wildman–Crippen MR) is 77.8 cm³/mol. The second kappa shape index (κ2) is 5.67. The van der Waals surface area contributed by atoms with Gasteiger partial charge in [0.1, 0.15) is 0 Å². The quantitative estimate of drug-likeness (QED) is 0.926. The third-order valence-electron chi connectivity index (χ3n) is 4.50. The maximum atomic E-state index is 6.54. The van der Waals surface area contributed by atoms with E-state index in [9.17, 15) is 0 Å². The summed E-state index contributed by atoms with van der Waals surface area (Å²) in [6, 6.07) is 0.0220. The van der Waals surface area contributed by atoms with E-state index in [0.717, 1.165) is 43.0 Å². The van der Waals surface area contributed by atoms with Gasteiger partial charge in [0, 0.05) is 25.7 Å². The van der Waals surface area contributed by atoms with Gasteiger partial charge in [0.15, 0.2) is 0 Å². The molecule has 1 aromatic rings. The van der Waals surface area contributed by atoms with Gasteiger partial charge in [0.25, 0.3) is 0 Å². The fourth-order valence-corrected chi connectivity index (χ4v) is 4.19. The molecule has 0 aromatic carbocycles. The summed E-state index contributed by atoms with van der Waals surface area (Å²) in [6.07, 6.45) is 3.00. The number of ether oxygens (including phenoxy) is 2. The van der Waals surface area contributed by atoms with Crippen LogP contribution in [-0.4, -0.2) is 35.0 Å². The van der Waals surface area contributed by atoms with E-state index in [2.05, 4.69) is 23.4 Å². The zero-order chi connectivity index (χ0) is 14.2. The van der Waals surface area contributed by atoms with Crippen LogP contribution < -0.4 is 5.73 Å². The first kappa shape index (κ1) is 14.4. The van der Waals surface area contributed by atoms with Gasteiger partial charge in [-0.2, -0.15) is 0 Å². The molecule has 0 bridgehead atoms. The summed E-state index contributed by atoms with van der Waals surface area (Å²) in [5, 5.41) is 4.25. The fourth-order valence-electron chi connectivity index (χ4n) is 3.29. The molecule has 2 aliphatic heterocycles. The second-order valence-electron chi connectivity index (χ2n) is 6.29. The van der Waals surface area contributed by atoms with Gasteiger partial charge in [-0.1, -0.05) is 18.3 Å². The number of hydrogen-bond acceptors (Lipinski definition) is 6. The lowest BCUT2D eigenvalue weighted by Crippen LogP contribution is -2.43. The van der Waals surface area contributed by atoms with E-state index in [4.69, 9.17) is 15.2 Å². The van der Waals surface area contributed by atoms with Crippen molar-refractivity contribution in [1.29, 1.82) is 0 Å². The summed E-state index contributed by atoms with van der Waals surface area (Å²) in [4.78, 5) is 1.15. The minimum atomic E-state index is -0.0867. The van der Waals surface area contributed by atoms with E-state index in [1.54, 1.807) is 0 Å². The first-order valence-electron chi connectivity index (χ1n) is 7.41. The highest BCUT2D eigenvalue weighted by atomic mass is 32.1. The Balaban J connectivity index is 1.76. The Labute approximate surface area is 124 Å². The van der Waals surface area contributed by atoms with E-state index in [-0.39, 0.29) is 11.6 Å². The molecule has 5 nitrogen and oxygen atoms in total. The molecule has 2 N–H and O–H groups in total. The van der Waals surface area contributed by atoms with Crippen LogP contribution in [-0.2, 0) is 9.47 Å². The molecule has 2 aliphatic rings. The van der Waals surface area contributed by atoms with E-state index in [1.165, 1.54) is 11.5 Å². The Hall–Kier alpha value is -0.560. The summed E-state index contributed by atoms with van der Waals surface area (Å²) in [5.41, 5.74) is 7.51. The molecule has 112 valence electrons. The van der Waals surface area contributed by atoms with Gasteiger partial charge in [0.2, 0.25) is 0 Å². The van der Waals surface area contributed by atoms with Gasteiger partial charge in [-0.3, -0.25) is 0 Å². The highest BCUT2D eigenvalue weighted by Crippen LogP contribution is 2.41. The minimum Gasteiger partial charge on any atom is -0.378 e. The number of rotatable bonds is 3. The number of hydrogen-bond donors (Lipinski definition) is 1. The molecule has 2 fully saturated rings. The van der Waals surface area contributed by atoms with Crippen LogP contribution in [0.2, 0.25) is 0 Å². The summed E-state index contributed by atoms with van der Waals surface area (Å²) in [7, 11) is 0. The predicted octanol–water partition coefficient (Wildman–Crippen LogP) is 2.25. The lowest BCUT2D eigenvalue weighted by atomic mass is 9.80. The lowest BCUT2D eigenvalue weighted by Gasteiger charge is -2.39. The van der Waals surface area contributed by atoms with Crippen LogP contribution in [0.3, 0.4) is 0 Å². The highest BCUT2D eigenvalue weighted by Gasteiger charge is 2.43. The molecular formula is C14H23N3O2S. The Bertz CT molecular complexity index is 457. The van der Waals surface area contributed by atoms with Crippen molar-refractivity contribution in [3.05, 3.63) is 10.6 Å². The van der Waals surface area contributed by atoms with Gasteiger partial charge < -0.3 is 15.2 Å². The second-order valence-corrected chi connectivity index (χ2v) is 7.08. The van der Waals surface area contributed by atoms with Crippen LogP contribution in [0.5, 0.6) is 0 Å². The molecule has 3 heterocycles. The Morgan fingerprint density at radius 3 is 2.95 bits per heavy atom. The van der Waals surface area contributed by atoms with Crippen LogP contribution >= 0.6 is 11.5 Å². The number of nitrogens with two attached hydrogens (primary N) is 1. The fraction of sp³-hybridized carbons (Fsp3) is 0.857. The summed E-state index contributed by atoms with van der Waals surface area (Å²) >= 11 is 1.45. The standard InChI is InChI=1S/C14H23N3O2S/c1-9(2)12-13(20-17-16-12)11(15)10-3-5-19-14(7-10)4-6-18-8-14/h9-11H,3-8,15H2,1-2H3. The molecule has 0 aliphatic carbocycles. The Kier molecular flexibility index (Phi) is 4.08. The maximum absolute atomic E-state index is 6.54. The third-order valence-corrected chi connectivity index (χ3v) is 5.34. The van der Waals surface area contributed by atoms with Crippen molar-refractivity contribution in [2.24, 2.45) is 11.7 Å². The van der Waals surface area contributed by atoms with Gasteiger partial charge in [0.05, 0.1) is 22.8 Å². The van der Waals surface area contributed by atoms with Crippen molar-refractivity contribution in [1.82, 2.24) is 9.59 Å². The average Bonchev–Trinajstić information content (AvgIpc) is 3.07. The first-order chi connectivity index (χ1) is 9.61. The minimum absolute atomic E-state index is 0.0220. The zero-order valence-corrected chi connectivity index (χ0v) is 13.0. The van der Waals surface area contributed by atoms with Crippen LogP contribution in [0.15, 0.2) is 0 Å². The van der Waals surface area contributed by atoms with Crippen LogP contribution in [0, 0.1) is 5.92 Å². The normalized spacial score (nSPS) is 32.1. The van der Waals surface area contributed by atoms with E-state index < -0.39 is 0 Å². The van der Waals surface area contributed by atoms with Crippen LogP contribution in [0.1, 0.15) is 55.6 Å². The van der Waals surface area contributed by atoms with Crippen molar-refractivity contribution < 1.29 is 9.47 Å². The van der Waals surface area contributed by atoms with E-state index >= 15 is 0 Å². The van der Waals surface area contributed by atoms with Gasteiger partial charge >= 0.3 is 0 Å². The molecular weight excluding hydrogens is 274 g/mol. The van der Waals surface area contributed by atoms with Crippen LogP contribution in [0.4, 0.5) is 0 Å². The largest absolute Gasteiger partial charge is 0.378 e. The van der Waals surface area contributed by atoms with Gasteiger partial charge in [-0.25, -0.2) is 0 Å².